The number of ether oxygens (including phenoxy) is 1. The molecule has 0 atom stereocenters. The molecule has 34 heavy (non-hydrogen) atoms. The second kappa shape index (κ2) is 11.6. The number of amides is 2. The van der Waals surface area contributed by atoms with Gasteiger partial charge in [-0.2, -0.15) is 0 Å². The SMILES string of the molecule is CC(=O)Oc1cccc(C(=O)NCc2cccc(NC(=O)CCC(=O)c3ccc(C)cc3)c2)c1. The summed E-state index contributed by atoms with van der Waals surface area (Å²) in [6, 6.07) is 20.7. The Morgan fingerprint density at radius 3 is 2.29 bits per heavy atom. The van der Waals surface area contributed by atoms with Gasteiger partial charge in [-0.15, -0.1) is 0 Å². The Morgan fingerprint density at radius 1 is 0.824 bits per heavy atom. The van der Waals surface area contributed by atoms with Crippen molar-refractivity contribution in [3.05, 3.63) is 95.1 Å². The van der Waals surface area contributed by atoms with Crippen LogP contribution >= 0.6 is 0 Å². The van der Waals surface area contributed by atoms with Gasteiger partial charge in [0.2, 0.25) is 5.91 Å². The third kappa shape index (κ3) is 7.41. The van der Waals surface area contributed by atoms with Crippen molar-refractivity contribution in [3.63, 3.8) is 0 Å². The van der Waals surface area contributed by atoms with Gasteiger partial charge in [0.05, 0.1) is 0 Å². The van der Waals surface area contributed by atoms with Crippen molar-refractivity contribution in [2.75, 3.05) is 5.32 Å². The van der Waals surface area contributed by atoms with Gasteiger partial charge in [0, 0.05) is 43.1 Å². The van der Waals surface area contributed by atoms with Gasteiger partial charge in [-0.25, -0.2) is 0 Å². The average molecular weight is 459 g/mol. The van der Waals surface area contributed by atoms with Crippen LogP contribution in [0.1, 0.15) is 51.6 Å². The molecule has 2 N–H and O–H groups in total. The summed E-state index contributed by atoms with van der Waals surface area (Å²) in [5.74, 6) is -0.826. The molecule has 0 aromatic heterocycles. The number of carbonyl (C=O) groups is 4. The zero-order chi connectivity index (χ0) is 24.5. The van der Waals surface area contributed by atoms with E-state index in [4.69, 9.17) is 4.74 Å². The van der Waals surface area contributed by atoms with Crippen molar-refractivity contribution >= 4 is 29.3 Å². The van der Waals surface area contributed by atoms with E-state index in [1.807, 2.05) is 25.1 Å². The van der Waals surface area contributed by atoms with Gasteiger partial charge in [0.15, 0.2) is 5.78 Å². The lowest BCUT2D eigenvalue weighted by atomic mass is 10.0. The van der Waals surface area contributed by atoms with Gasteiger partial charge in [0.25, 0.3) is 5.91 Å². The maximum absolute atomic E-state index is 12.5. The van der Waals surface area contributed by atoms with Crippen molar-refractivity contribution < 1.29 is 23.9 Å². The average Bonchev–Trinajstić information content (AvgIpc) is 2.81. The van der Waals surface area contributed by atoms with Crippen LogP contribution < -0.4 is 15.4 Å². The van der Waals surface area contributed by atoms with Gasteiger partial charge < -0.3 is 15.4 Å². The number of carbonyl (C=O) groups excluding carboxylic acids is 4. The number of hydrogen-bond donors (Lipinski definition) is 2. The summed E-state index contributed by atoms with van der Waals surface area (Å²) in [7, 11) is 0. The molecule has 0 aliphatic rings. The largest absolute Gasteiger partial charge is 0.427 e. The molecule has 0 radical (unpaired) electrons. The van der Waals surface area contributed by atoms with Crippen LogP contribution in [-0.4, -0.2) is 23.6 Å². The summed E-state index contributed by atoms with van der Waals surface area (Å²) >= 11 is 0. The number of esters is 1. The van der Waals surface area contributed by atoms with Crippen molar-refractivity contribution in [1.82, 2.24) is 5.32 Å². The summed E-state index contributed by atoms with van der Waals surface area (Å²) in [5.41, 5.74) is 3.39. The van der Waals surface area contributed by atoms with E-state index in [2.05, 4.69) is 10.6 Å². The Bertz CT molecular complexity index is 1200. The standard InChI is InChI=1S/C27H26N2O5/c1-18-9-11-21(12-10-18)25(31)13-14-26(32)29-23-7-3-5-20(15-23)17-28-27(33)22-6-4-8-24(16-22)34-19(2)30/h3-12,15-16H,13-14,17H2,1-2H3,(H,28,33)(H,29,32). The Labute approximate surface area is 198 Å². The smallest absolute Gasteiger partial charge is 0.308 e. The fourth-order valence-electron chi connectivity index (χ4n) is 3.24. The molecule has 0 heterocycles. The van der Waals surface area contributed by atoms with Crippen molar-refractivity contribution in [1.29, 1.82) is 0 Å². The zero-order valence-electron chi connectivity index (χ0n) is 19.1. The summed E-state index contributed by atoms with van der Waals surface area (Å²) in [5, 5.41) is 5.59. The number of Topliss-reactive ketones (excluding diaryl/α,β-unsaturated/α-hetero) is 1. The van der Waals surface area contributed by atoms with Crippen LogP contribution in [0.25, 0.3) is 0 Å². The molecule has 0 saturated carbocycles. The highest BCUT2D eigenvalue weighted by atomic mass is 16.5. The zero-order valence-corrected chi connectivity index (χ0v) is 19.1. The molecule has 0 spiro atoms. The fraction of sp³-hybridized carbons (Fsp3) is 0.185. The molecule has 0 saturated heterocycles. The third-order valence-electron chi connectivity index (χ3n) is 4.97. The van der Waals surface area contributed by atoms with Crippen LogP contribution in [0.2, 0.25) is 0 Å². The first-order valence-electron chi connectivity index (χ1n) is 10.9. The normalized spacial score (nSPS) is 10.3. The minimum atomic E-state index is -0.462. The lowest BCUT2D eigenvalue weighted by Gasteiger charge is -2.09. The predicted molar refractivity (Wildman–Crippen MR) is 129 cm³/mol. The van der Waals surface area contributed by atoms with Crippen LogP contribution in [-0.2, 0) is 16.1 Å². The molecule has 3 aromatic carbocycles. The molecular formula is C27H26N2O5. The molecule has 0 aliphatic heterocycles. The van der Waals surface area contributed by atoms with Gasteiger partial charge in [-0.3, -0.25) is 19.2 Å². The van der Waals surface area contributed by atoms with Gasteiger partial charge >= 0.3 is 5.97 Å². The maximum atomic E-state index is 12.5. The molecule has 0 bridgehead atoms. The minimum absolute atomic E-state index is 0.0757. The second-order valence-corrected chi connectivity index (χ2v) is 7.84. The van der Waals surface area contributed by atoms with Crippen LogP contribution in [0, 0.1) is 6.92 Å². The van der Waals surface area contributed by atoms with Gasteiger partial charge in [0.1, 0.15) is 5.75 Å². The quantitative estimate of drug-likeness (QED) is 0.280. The summed E-state index contributed by atoms with van der Waals surface area (Å²) in [6.45, 7) is 3.48. The lowest BCUT2D eigenvalue weighted by molar-refractivity contribution is -0.131. The first-order chi connectivity index (χ1) is 16.3. The molecule has 0 unspecified atom stereocenters. The predicted octanol–water partition coefficient (Wildman–Crippen LogP) is 4.45. The number of anilines is 1. The molecule has 7 heteroatoms. The minimum Gasteiger partial charge on any atom is -0.427 e. The number of aryl methyl sites for hydroxylation is 1. The molecule has 0 aliphatic carbocycles. The number of nitrogens with one attached hydrogen (secondary N) is 2. The molecule has 174 valence electrons. The Kier molecular flexibility index (Phi) is 8.29. The fourth-order valence-corrected chi connectivity index (χ4v) is 3.24. The molecular weight excluding hydrogens is 432 g/mol. The van der Waals surface area contributed by atoms with Crippen LogP contribution in [0.15, 0.2) is 72.8 Å². The summed E-state index contributed by atoms with van der Waals surface area (Å²) < 4.78 is 5.00. The molecule has 3 aromatic rings. The third-order valence-corrected chi connectivity index (χ3v) is 4.97. The van der Waals surface area contributed by atoms with Gasteiger partial charge in [-0.05, 0) is 42.8 Å². The maximum Gasteiger partial charge on any atom is 0.308 e. The lowest BCUT2D eigenvalue weighted by Crippen LogP contribution is -2.23. The highest BCUT2D eigenvalue weighted by Crippen LogP contribution is 2.15. The Hall–Kier alpha value is -4.26. The monoisotopic (exact) mass is 458 g/mol. The molecule has 3 rings (SSSR count). The number of rotatable bonds is 9. The first-order valence-corrected chi connectivity index (χ1v) is 10.9. The van der Waals surface area contributed by atoms with E-state index in [0.717, 1.165) is 11.1 Å². The molecule has 2 amide bonds. The first kappa shape index (κ1) is 24.4. The second-order valence-electron chi connectivity index (χ2n) is 7.84. The Morgan fingerprint density at radius 2 is 1.56 bits per heavy atom. The van der Waals surface area contributed by atoms with E-state index >= 15 is 0 Å². The number of ketones is 1. The molecule has 0 fully saturated rings. The topological polar surface area (TPSA) is 102 Å². The van der Waals surface area contributed by atoms with E-state index in [1.54, 1.807) is 48.5 Å². The van der Waals surface area contributed by atoms with E-state index in [9.17, 15) is 19.2 Å². The van der Waals surface area contributed by atoms with Crippen molar-refractivity contribution in [3.8, 4) is 5.75 Å². The summed E-state index contributed by atoms with van der Waals surface area (Å²) in [4.78, 5) is 48.1. The van der Waals surface area contributed by atoms with Crippen LogP contribution in [0.4, 0.5) is 5.69 Å². The van der Waals surface area contributed by atoms with Crippen LogP contribution in [0.3, 0.4) is 0 Å². The Balaban J connectivity index is 1.51. The van der Waals surface area contributed by atoms with E-state index in [0.29, 0.717) is 22.6 Å². The number of benzene rings is 3. The molecule has 7 nitrogen and oxygen atoms in total. The van der Waals surface area contributed by atoms with Crippen LogP contribution in [0.5, 0.6) is 5.75 Å². The highest BCUT2D eigenvalue weighted by molar-refractivity contribution is 6.00. The van der Waals surface area contributed by atoms with E-state index in [1.165, 1.54) is 13.0 Å². The highest BCUT2D eigenvalue weighted by Gasteiger charge is 2.11. The van der Waals surface area contributed by atoms with E-state index in [-0.39, 0.29) is 37.0 Å². The van der Waals surface area contributed by atoms with Gasteiger partial charge in [-0.1, -0.05) is 48.0 Å². The van der Waals surface area contributed by atoms with E-state index < -0.39 is 5.97 Å². The number of hydrogen-bond acceptors (Lipinski definition) is 5. The van der Waals surface area contributed by atoms with Crippen molar-refractivity contribution in [2.24, 2.45) is 0 Å². The van der Waals surface area contributed by atoms with Crippen molar-refractivity contribution in [2.45, 2.75) is 33.2 Å². The summed E-state index contributed by atoms with van der Waals surface area (Å²) in [6.07, 6.45) is 0.198.